The largest absolute Gasteiger partial charge is 0.383 e. The van der Waals surface area contributed by atoms with E-state index >= 15 is 0 Å². The van der Waals surface area contributed by atoms with Crippen molar-refractivity contribution in [1.82, 2.24) is 24.7 Å². The summed E-state index contributed by atoms with van der Waals surface area (Å²) in [5.41, 5.74) is 16.4. The van der Waals surface area contributed by atoms with Crippen molar-refractivity contribution in [2.24, 2.45) is 5.73 Å². The lowest BCUT2D eigenvalue weighted by molar-refractivity contribution is -0.141. The normalized spacial score (nSPS) is 11.8. The Morgan fingerprint density at radius 2 is 1.76 bits per heavy atom. The van der Waals surface area contributed by atoms with Gasteiger partial charge in [-0.15, -0.1) is 0 Å². The third-order valence-electron chi connectivity index (χ3n) is 4.87. The van der Waals surface area contributed by atoms with Gasteiger partial charge in [-0.25, -0.2) is 28.4 Å². The van der Waals surface area contributed by atoms with Gasteiger partial charge in [0.05, 0.1) is 24.5 Å². The molecule has 0 aliphatic rings. The van der Waals surface area contributed by atoms with Gasteiger partial charge in [0.2, 0.25) is 0 Å². The lowest BCUT2D eigenvalue weighted by Crippen LogP contribution is -2.38. The van der Waals surface area contributed by atoms with E-state index in [9.17, 15) is 22.4 Å². The third-order valence-corrected chi connectivity index (χ3v) is 4.87. The van der Waals surface area contributed by atoms with Crippen molar-refractivity contribution in [3.05, 3.63) is 59.3 Å². The fraction of sp³-hybridized carbons (Fsp3) is 0.150. The van der Waals surface area contributed by atoms with E-state index in [1.54, 1.807) is 12.1 Å². The lowest BCUT2D eigenvalue weighted by Gasteiger charge is -2.15. The minimum Gasteiger partial charge on any atom is -0.383 e. The number of aromatic nitrogens is 5. The summed E-state index contributed by atoms with van der Waals surface area (Å²) in [5.74, 6) is -8.00. The maximum Gasteiger partial charge on any atom is 0.328 e. The van der Waals surface area contributed by atoms with Crippen LogP contribution in [0.2, 0.25) is 0 Å². The van der Waals surface area contributed by atoms with Crippen molar-refractivity contribution in [3.8, 4) is 11.5 Å². The maximum absolute atomic E-state index is 14.1. The first-order chi connectivity index (χ1) is 15.6. The zero-order valence-corrected chi connectivity index (χ0v) is 16.8. The Kier molecular flexibility index (Phi) is 5.31. The number of hydrogen-bond donors (Lipinski definition) is 3. The van der Waals surface area contributed by atoms with Crippen LogP contribution in [0.1, 0.15) is 11.1 Å². The number of carbonyl (C=O) groups excluding carboxylic acids is 1. The fourth-order valence-electron chi connectivity index (χ4n) is 3.21. The van der Waals surface area contributed by atoms with E-state index in [0.29, 0.717) is 5.56 Å². The van der Waals surface area contributed by atoms with E-state index in [2.05, 4.69) is 20.1 Å². The number of primary amides is 1. The number of fused-ring (bicyclic) bond motifs is 1. The van der Waals surface area contributed by atoms with Crippen LogP contribution in [0.25, 0.3) is 22.6 Å². The molecular weight excluding hydrogens is 444 g/mol. The number of amides is 1. The van der Waals surface area contributed by atoms with Crippen LogP contribution >= 0.6 is 0 Å². The van der Waals surface area contributed by atoms with Gasteiger partial charge < -0.3 is 17.2 Å². The smallest absolute Gasteiger partial charge is 0.328 e. The second-order valence-corrected chi connectivity index (χ2v) is 7.16. The molecule has 3 aromatic heterocycles. The number of alkyl halides is 2. The first-order valence-electron chi connectivity index (χ1n) is 9.42. The predicted octanol–water partition coefficient (Wildman–Crippen LogP) is 2.04. The summed E-state index contributed by atoms with van der Waals surface area (Å²) in [4.78, 5) is 22.9. The molecule has 0 bridgehead atoms. The summed E-state index contributed by atoms with van der Waals surface area (Å²) in [6, 6.07) is 7.12. The lowest BCUT2D eigenvalue weighted by atomic mass is 10.1. The Hall–Kier alpha value is -4.29. The number of benzene rings is 1. The monoisotopic (exact) mass is 460 g/mol. The number of anilines is 2. The van der Waals surface area contributed by atoms with E-state index in [1.165, 1.54) is 16.8 Å². The van der Waals surface area contributed by atoms with Crippen LogP contribution in [0.15, 0.2) is 36.5 Å². The summed E-state index contributed by atoms with van der Waals surface area (Å²) in [6.07, 6.45) is -0.233. The Labute approximate surface area is 183 Å². The zero-order chi connectivity index (χ0) is 23.9. The van der Waals surface area contributed by atoms with Crippen molar-refractivity contribution in [1.29, 1.82) is 0 Å². The van der Waals surface area contributed by atoms with Crippen molar-refractivity contribution in [3.63, 3.8) is 0 Å². The highest BCUT2D eigenvalue weighted by molar-refractivity contribution is 5.90. The van der Waals surface area contributed by atoms with Gasteiger partial charge in [-0.1, -0.05) is 18.2 Å². The Balaban J connectivity index is 1.82. The molecule has 33 heavy (non-hydrogen) atoms. The molecule has 4 rings (SSSR count). The summed E-state index contributed by atoms with van der Waals surface area (Å²) in [6.45, 7) is -0.0459. The van der Waals surface area contributed by atoms with Crippen molar-refractivity contribution in [2.75, 3.05) is 11.5 Å². The molecule has 0 radical (unpaired) electrons. The molecule has 0 unspecified atom stereocenters. The molecule has 0 aliphatic heterocycles. The number of nitrogens with zero attached hydrogens (tertiary/aromatic N) is 5. The topological polar surface area (TPSA) is 152 Å². The van der Waals surface area contributed by atoms with Crippen LogP contribution in [0.5, 0.6) is 0 Å². The molecule has 0 aliphatic carbocycles. The van der Waals surface area contributed by atoms with Crippen LogP contribution < -0.4 is 17.2 Å². The van der Waals surface area contributed by atoms with Gasteiger partial charge >= 0.3 is 5.92 Å². The summed E-state index contributed by atoms with van der Waals surface area (Å²) < 4.78 is 56.9. The second-order valence-electron chi connectivity index (χ2n) is 7.16. The Morgan fingerprint density at radius 3 is 2.39 bits per heavy atom. The van der Waals surface area contributed by atoms with Crippen LogP contribution in [-0.2, 0) is 17.8 Å². The molecule has 1 aromatic carbocycles. The van der Waals surface area contributed by atoms with Gasteiger partial charge in [-0.05, 0) is 12.1 Å². The average Bonchev–Trinajstić information content (AvgIpc) is 3.09. The van der Waals surface area contributed by atoms with Crippen LogP contribution in [-0.4, -0.2) is 36.6 Å². The van der Waals surface area contributed by atoms with Gasteiger partial charge in [0.15, 0.2) is 11.5 Å². The first kappa shape index (κ1) is 21.9. The molecule has 0 fully saturated rings. The van der Waals surface area contributed by atoms with E-state index in [-0.39, 0.29) is 34.7 Å². The van der Waals surface area contributed by atoms with Gasteiger partial charge in [0, 0.05) is 11.1 Å². The van der Waals surface area contributed by atoms with Gasteiger partial charge in [-0.3, -0.25) is 4.79 Å². The fourth-order valence-corrected chi connectivity index (χ4v) is 3.21. The highest BCUT2D eigenvalue weighted by Gasteiger charge is 2.38. The number of nitrogen functional groups attached to an aromatic ring is 2. The molecule has 0 atom stereocenters. The number of rotatable bonds is 6. The van der Waals surface area contributed by atoms with Crippen molar-refractivity contribution >= 4 is 28.6 Å². The highest BCUT2D eigenvalue weighted by atomic mass is 19.3. The van der Waals surface area contributed by atoms with Crippen LogP contribution in [0, 0.1) is 11.6 Å². The van der Waals surface area contributed by atoms with Crippen LogP contribution in [0.4, 0.5) is 29.2 Å². The minimum absolute atomic E-state index is 0.0000456. The molecule has 6 N–H and O–H groups in total. The number of halogens is 4. The molecule has 0 spiro atoms. The number of pyridine rings is 1. The number of nitrogens with two attached hydrogens (primary N) is 3. The molecule has 0 saturated heterocycles. The van der Waals surface area contributed by atoms with E-state index in [0.717, 1.165) is 12.3 Å². The molecule has 1 amide bonds. The van der Waals surface area contributed by atoms with Crippen molar-refractivity contribution in [2.45, 2.75) is 18.9 Å². The minimum atomic E-state index is -3.92. The van der Waals surface area contributed by atoms with E-state index in [1.807, 2.05) is 0 Å². The highest BCUT2D eigenvalue weighted by Crippen LogP contribution is 2.31. The standard InChI is InChI=1S/C20H16F4N8O/c21-10-5-11-14(17-29-15(25)12(16(26)30-17)6-20(23,24)19(27)33)31-32(18(11)28-7-10)8-9-3-1-2-4-13(9)22/h1-5,7H,6,8H2,(H2,27,33)(H4,25,26,29,30). The van der Waals surface area contributed by atoms with Gasteiger partial charge in [0.25, 0.3) is 5.91 Å². The summed E-state index contributed by atoms with van der Waals surface area (Å²) >= 11 is 0. The predicted molar refractivity (Wildman–Crippen MR) is 111 cm³/mol. The number of carbonyl (C=O) groups is 1. The second kappa shape index (κ2) is 8.00. The van der Waals surface area contributed by atoms with Crippen LogP contribution in [0.3, 0.4) is 0 Å². The van der Waals surface area contributed by atoms with E-state index < -0.39 is 41.5 Å². The number of hydrogen-bond acceptors (Lipinski definition) is 7. The molecule has 3 heterocycles. The molecule has 13 heteroatoms. The maximum atomic E-state index is 14.1. The molecule has 4 aromatic rings. The third kappa shape index (κ3) is 4.12. The van der Waals surface area contributed by atoms with E-state index in [4.69, 9.17) is 17.2 Å². The molecular formula is C20H16F4N8O. The molecule has 170 valence electrons. The zero-order valence-electron chi connectivity index (χ0n) is 16.8. The average molecular weight is 460 g/mol. The van der Waals surface area contributed by atoms with Crippen molar-refractivity contribution < 1.29 is 22.4 Å². The quantitative estimate of drug-likeness (QED) is 0.372. The molecule has 0 saturated carbocycles. The SMILES string of the molecule is NC(=O)C(F)(F)Cc1c(N)nc(-c2nn(Cc3ccccc3F)c3ncc(F)cc23)nc1N. The Bertz CT molecular complexity index is 1370. The Morgan fingerprint density at radius 1 is 1.09 bits per heavy atom. The first-order valence-corrected chi connectivity index (χ1v) is 9.42. The van der Waals surface area contributed by atoms with Gasteiger partial charge in [0.1, 0.15) is 29.0 Å². The summed E-state index contributed by atoms with van der Waals surface area (Å²) in [5, 5.41) is 4.48. The molecule has 9 nitrogen and oxygen atoms in total. The van der Waals surface area contributed by atoms with Gasteiger partial charge in [-0.2, -0.15) is 13.9 Å². The summed E-state index contributed by atoms with van der Waals surface area (Å²) in [7, 11) is 0.